The van der Waals surface area contributed by atoms with Crippen molar-refractivity contribution in [2.45, 2.75) is 13.0 Å². The number of aryl methyl sites for hydroxylation is 1. The lowest BCUT2D eigenvalue weighted by Gasteiger charge is -2.43. The van der Waals surface area contributed by atoms with Crippen LogP contribution in [0.15, 0.2) is 42.7 Å². The number of nitrogens with zero attached hydrogens (tertiary/aromatic N) is 3. The zero-order valence-corrected chi connectivity index (χ0v) is 14.3. The van der Waals surface area contributed by atoms with E-state index in [2.05, 4.69) is 10.2 Å². The molecule has 0 radical (unpaired) electrons. The lowest BCUT2D eigenvalue weighted by Crippen LogP contribution is -2.64. The summed E-state index contributed by atoms with van der Waals surface area (Å²) in [7, 11) is 0. The highest BCUT2D eigenvalue weighted by Gasteiger charge is 2.36. The van der Waals surface area contributed by atoms with E-state index in [1.807, 2.05) is 54.2 Å². The third-order valence-corrected chi connectivity index (χ3v) is 5.11. The molecule has 6 nitrogen and oxygen atoms in total. The lowest BCUT2D eigenvalue weighted by atomic mass is 10.1. The molecule has 2 amide bonds. The van der Waals surface area contributed by atoms with E-state index in [9.17, 15) is 9.59 Å². The van der Waals surface area contributed by atoms with E-state index in [1.54, 1.807) is 4.90 Å². The number of amides is 2. The fourth-order valence-corrected chi connectivity index (χ4v) is 3.72. The average Bonchev–Trinajstić information content (AvgIpc) is 3.15. The normalized spacial score (nSPS) is 20.9. The molecule has 0 unspecified atom stereocenters. The molecule has 0 saturated carbocycles. The Morgan fingerprint density at radius 3 is 2.72 bits per heavy atom. The minimum atomic E-state index is -0.216. The van der Waals surface area contributed by atoms with Crippen molar-refractivity contribution in [3.8, 4) is 5.69 Å². The highest BCUT2D eigenvalue weighted by Crippen LogP contribution is 2.19. The summed E-state index contributed by atoms with van der Waals surface area (Å²) in [6, 6.07) is 9.53. The molecule has 2 fully saturated rings. The van der Waals surface area contributed by atoms with Crippen LogP contribution in [0.2, 0.25) is 0 Å². The Kier molecular flexibility index (Phi) is 4.05. The first-order chi connectivity index (χ1) is 12.1. The topological polar surface area (TPSA) is 57.6 Å². The minimum Gasteiger partial charge on any atom is -0.353 e. The van der Waals surface area contributed by atoms with Crippen LogP contribution in [-0.2, 0) is 4.79 Å². The summed E-state index contributed by atoms with van der Waals surface area (Å²) in [5, 5.41) is 2.89. The van der Waals surface area contributed by atoms with Crippen molar-refractivity contribution in [2.24, 2.45) is 0 Å². The van der Waals surface area contributed by atoms with Crippen molar-refractivity contribution in [3.05, 3.63) is 53.9 Å². The van der Waals surface area contributed by atoms with Gasteiger partial charge in [-0.3, -0.25) is 14.5 Å². The molecule has 4 rings (SSSR count). The fourth-order valence-electron chi connectivity index (χ4n) is 3.72. The average molecular weight is 338 g/mol. The van der Waals surface area contributed by atoms with Gasteiger partial charge in [-0.15, -0.1) is 0 Å². The first kappa shape index (κ1) is 15.9. The standard InChI is InChI=1S/C19H22N4O2/c1-14-12-15(4-5-16(14)21-7-2-3-8-21)19(25)23-11-10-22-9-6-20-18(24)17(22)13-23/h2-5,7-8,12,17H,6,9-11,13H2,1H3,(H,20,24)/t17-/m1/s1. The van der Waals surface area contributed by atoms with Gasteiger partial charge in [0, 0.05) is 56.4 Å². The first-order valence-electron chi connectivity index (χ1n) is 8.68. The largest absolute Gasteiger partial charge is 0.353 e. The molecule has 1 atom stereocenters. The second kappa shape index (κ2) is 6.37. The van der Waals surface area contributed by atoms with Crippen LogP contribution in [0.5, 0.6) is 0 Å². The van der Waals surface area contributed by atoms with Crippen LogP contribution < -0.4 is 5.32 Å². The second-order valence-electron chi connectivity index (χ2n) is 6.69. The molecule has 6 heteroatoms. The van der Waals surface area contributed by atoms with Crippen LogP contribution >= 0.6 is 0 Å². The Morgan fingerprint density at radius 1 is 1.16 bits per heavy atom. The molecule has 130 valence electrons. The number of hydrogen-bond donors (Lipinski definition) is 1. The molecular weight excluding hydrogens is 316 g/mol. The van der Waals surface area contributed by atoms with Gasteiger partial charge < -0.3 is 14.8 Å². The summed E-state index contributed by atoms with van der Waals surface area (Å²) >= 11 is 0. The maximum atomic E-state index is 12.9. The Balaban J connectivity index is 1.53. The van der Waals surface area contributed by atoms with Crippen LogP contribution in [0, 0.1) is 6.92 Å². The van der Waals surface area contributed by atoms with Gasteiger partial charge in [0.2, 0.25) is 5.91 Å². The number of nitrogens with one attached hydrogen (secondary N) is 1. The fraction of sp³-hybridized carbons (Fsp3) is 0.368. The molecule has 1 N–H and O–H groups in total. The predicted octanol–water partition coefficient (Wildman–Crippen LogP) is 1.04. The van der Waals surface area contributed by atoms with Gasteiger partial charge >= 0.3 is 0 Å². The molecule has 1 aromatic heterocycles. The van der Waals surface area contributed by atoms with E-state index in [1.165, 1.54) is 0 Å². The van der Waals surface area contributed by atoms with Gasteiger partial charge in [0.05, 0.1) is 0 Å². The first-order valence-corrected chi connectivity index (χ1v) is 8.68. The Bertz CT molecular complexity index is 800. The van der Waals surface area contributed by atoms with E-state index in [0.29, 0.717) is 25.2 Å². The molecule has 0 spiro atoms. The summed E-state index contributed by atoms with van der Waals surface area (Å²) in [5.41, 5.74) is 2.80. The Labute approximate surface area is 147 Å². The number of carbonyl (C=O) groups excluding carboxylic acids is 2. The molecule has 2 saturated heterocycles. The molecule has 2 aliphatic heterocycles. The molecule has 25 heavy (non-hydrogen) atoms. The van der Waals surface area contributed by atoms with Crippen molar-refractivity contribution in [2.75, 3.05) is 32.7 Å². The van der Waals surface area contributed by atoms with Gasteiger partial charge in [-0.2, -0.15) is 0 Å². The third-order valence-electron chi connectivity index (χ3n) is 5.11. The minimum absolute atomic E-state index is 0.000166. The zero-order chi connectivity index (χ0) is 17.4. The maximum Gasteiger partial charge on any atom is 0.253 e. The number of benzene rings is 1. The molecule has 1 aromatic carbocycles. The molecule has 0 bridgehead atoms. The van der Waals surface area contributed by atoms with Gasteiger partial charge in [0.1, 0.15) is 6.04 Å². The number of carbonyl (C=O) groups is 2. The second-order valence-corrected chi connectivity index (χ2v) is 6.69. The molecular formula is C19H22N4O2. The summed E-state index contributed by atoms with van der Waals surface area (Å²) in [6.07, 6.45) is 3.98. The van der Waals surface area contributed by atoms with Crippen molar-refractivity contribution in [1.29, 1.82) is 0 Å². The lowest BCUT2D eigenvalue weighted by molar-refractivity contribution is -0.131. The highest BCUT2D eigenvalue weighted by molar-refractivity contribution is 5.95. The number of rotatable bonds is 2. The predicted molar refractivity (Wildman–Crippen MR) is 94.8 cm³/mol. The molecule has 2 aliphatic rings. The summed E-state index contributed by atoms with van der Waals surface area (Å²) in [4.78, 5) is 28.9. The van der Waals surface area contributed by atoms with Crippen LogP contribution in [0.1, 0.15) is 15.9 Å². The molecule has 3 heterocycles. The summed E-state index contributed by atoms with van der Waals surface area (Å²) in [6.45, 7) is 5.46. The van der Waals surface area contributed by atoms with E-state index < -0.39 is 0 Å². The van der Waals surface area contributed by atoms with Gasteiger partial charge in [0.15, 0.2) is 0 Å². The van der Waals surface area contributed by atoms with Gasteiger partial charge in [-0.1, -0.05) is 0 Å². The van der Waals surface area contributed by atoms with Crippen molar-refractivity contribution < 1.29 is 9.59 Å². The number of aromatic nitrogens is 1. The van der Waals surface area contributed by atoms with Crippen LogP contribution in [-0.4, -0.2) is 64.9 Å². The molecule has 2 aromatic rings. The smallest absolute Gasteiger partial charge is 0.253 e. The SMILES string of the molecule is Cc1cc(C(=O)N2CCN3CCNC(=O)[C@H]3C2)ccc1-n1cccc1. The van der Waals surface area contributed by atoms with Gasteiger partial charge in [-0.05, 0) is 42.8 Å². The summed E-state index contributed by atoms with van der Waals surface area (Å²) in [5.74, 6) is 0.0306. The van der Waals surface area contributed by atoms with E-state index >= 15 is 0 Å². The van der Waals surface area contributed by atoms with Crippen LogP contribution in [0.3, 0.4) is 0 Å². The van der Waals surface area contributed by atoms with E-state index in [-0.39, 0.29) is 17.9 Å². The molecule has 0 aliphatic carbocycles. The van der Waals surface area contributed by atoms with Crippen LogP contribution in [0.25, 0.3) is 5.69 Å². The van der Waals surface area contributed by atoms with E-state index in [4.69, 9.17) is 0 Å². The number of piperazine rings is 2. The van der Waals surface area contributed by atoms with Crippen molar-refractivity contribution >= 4 is 11.8 Å². The Morgan fingerprint density at radius 2 is 1.96 bits per heavy atom. The quantitative estimate of drug-likeness (QED) is 0.890. The summed E-state index contributed by atoms with van der Waals surface area (Å²) < 4.78 is 2.04. The van der Waals surface area contributed by atoms with Crippen LogP contribution in [0.4, 0.5) is 0 Å². The van der Waals surface area contributed by atoms with E-state index in [0.717, 1.165) is 24.3 Å². The highest BCUT2D eigenvalue weighted by atomic mass is 16.2. The third kappa shape index (κ3) is 2.93. The number of hydrogen-bond acceptors (Lipinski definition) is 3. The van der Waals surface area contributed by atoms with Gasteiger partial charge in [-0.25, -0.2) is 0 Å². The zero-order valence-electron chi connectivity index (χ0n) is 14.3. The Hall–Kier alpha value is -2.60. The van der Waals surface area contributed by atoms with Crippen molar-refractivity contribution in [1.82, 2.24) is 19.7 Å². The maximum absolute atomic E-state index is 12.9. The van der Waals surface area contributed by atoms with Gasteiger partial charge in [0.25, 0.3) is 5.91 Å². The van der Waals surface area contributed by atoms with Crippen molar-refractivity contribution in [3.63, 3.8) is 0 Å². The number of fused-ring (bicyclic) bond motifs is 1. The monoisotopic (exact) mass is 338 g/mol.